The van der Waals surface area contributed by atoms with Gasteiger partial charge in [0.25, 0.3) is 0 Å². The molecule has 1 fully saturated rings. The number of carbonyl (C=O) groups is 2. The van der Waals surface area contributed by atoms with Crippen molar-refractivity contribution in [3.05, 3.63) is 0 Å². The first-order valence-corrected chi connectivity index (χ1v) is 6.21. The van der Waals surface area contributed by atoms with E-state index >= 15 is 0 Å². The number of carboxylic acids is 1. The lowest BCUT2D eigenvalue weighted by atomic mass is 9.99. The number of nitrogens with one attached hydrogen (secondary N) is 2. The smallest absolute Gasteiger partial charge is 0.407 e. The number of amides is 1. The van der Waals surface area contributed by atoms with Gasteiger partial charge in [-0.2, -0.15) is 0 Å². The van der Waals surface area contributed by atoms with Gasteiger partial charge in [-0.25, -0.2) is 4.79 Å². The Labute approximate surface area is 107 Å². The van der Waals surface area contributed by atoms with Crippen molar-refractivity contribution in [2.45, 2.75) is 57.7 Å². The summed E-state index contributed by atoms with van der Waals surface area (Å²) in [5, 5.41) is 14.6. The van der Waals surface area contributed by atoms with E-state index in [1.54, 1.807) is 0 Å². The zero-order valence-corrected chi connectivity index (χ0v) is 11.2. The quantitative estimate of drug-likeness (QED) is 0.705. The van der Waals surface area contributed by atoms with E-state index in [1.807, 2.05) is 20.8 Å². The summed E-state index contributed by atoms with van der Waals surface area (Å²) in [5.74, 6) is -0.800. The molecule has 1 rings (SSSR count). The van der Waals surface area contributed by atoms with Gasteiger partial charge in [0.05, 0.1) is 6.42 Å². The summed E-state index contributed by atoms with van der Waals surface area (Å²) >= 11 is 0. The van der Waals surface area contributed by atoms with Gasteiger partial charge in [-0.3, -0.25) is 4.79 Å². The first-order valence-electron chi connectivity index (χ1n) is 6.21. The Morgan fingerprint density at radius 1 is 1.39 bits per heavy atom. The van der Waals surface area contributed by atoms with E-state index in [-0.39, 0.29) is 18.5 Å². The first-order chi connectivity index (χ1) is 8.26. The van der Waals surface area contributed by atoms with Gasteiger partial charge in [0.2, 0.25) is 0 Å². The molecule has 0 aromatic rings. The third-order valence-corrected chi connectivity index (χ3v) is 2.66. The summed E-state index contributed by atoms with van der Waals surface area (Å²) in [4.78, 5) is 22.1. The normalized spacial score (nSPS) is 24.4. The summed E-state index contributed by atoms with van der Waals surface area (Å²) in [6, 6.07) is 0.00378. The minimum atomic E-state index is -0.800. The van der Waals surface area contributed by atoms with E-state index < -0.39 is 17.7 Å². The lowest BCUT2D eigenvalue weighted by Crippen LogP contribution is -2.50. The number of aliphatic carboxylic acids is 1. The average Bonchev–Trinajstić information content (AvgIpc) is 2.17. The maximum absolute atomic E-state index is 11.5. The fourth-order valence-electron chi connectivity index (χ4n) is 1.90. The van der Waals surface area contributed by atoms with Crippen LogP contribution in [0.4, 0.5) is 4.79 Å². The van der Waals surface area contributed by atoms with Crippen LogP contribution in [0.2, 0.25) is 0 Å². The van der Waals surface area contributed by atoms with Gasteiger partial charge in [-0.15, -0.1) is 0 Å². The van der Waals surface area contributed by atoms with Crippen LogP contribution in [0.15, 0.2) is 0 Å². The van der Waals surface area contributed by atoms with Gasteiger partial charge in [-0.1, -0.05) is 0 Å². The molecule has 0 saturated carbocycles. The Bertz CT molecular complexity index is 304. The molecule has 0 radical (unpaired) electrons. The molecule has 3 N–H and O–H groups in total. The molecule has 1 aliphatic rings. The first kappa shape index (κ1) is 14.8. The molecular weight excluding hydrogens is 236 g/mol. The van der Waals surface area contributed by atoms with Crippen LogP contribution in [0.25, 0.3) is 0 Å². The lowest BCUT2D eigenvalue weighted by molar-refractivity contribution is -0.137. The summed E-state index contributed by atoms with van der Waals surface area (Å²) in [7, 11) is 0. The van der Waals surface area contributed by atoms with E-state index in [1.165, 1.54) is 0 Å². The van der Waals surface area contributed by atoms with Gasteiger partial charge < -0.3 is 20.5 Å². The molecule has 0 aromatic carbocycles. The van der Waals surface area contributed by atoms with Crippen molar-refractivity contribution >= 4 is 12.1 Å². The van der Waals surface area contributed by atoms with E-state index in [0.717, 1.165) is 12.8 Å². The molecule has 18 heavy (non-hydrogen) atoms. The summed E-state index contributed by atoms with van der Waals surface area (Å²) in [6.45, 7) is 6.02. The zero-order chi connectivity index (χ0) is 13.8. The molecule has 6 nitrogen and oxygen atoms in total. The van der Waals surface area contributed by atoms with E-state index in [9.17, 15) is 9.59 Å². The second kappa shape index (κ2) is 6.04. The van der Waals surface area contributed by atoms with Gasteiger partial charge in [0, 0.05) is 18.6 Å². The summed E-state index contributed by atoms with van der Waals surface area (Å²) < 4.78 is 5.16. The van der Waals surface area contributed by atoms with Gasteiger partial charge in [0.1, 0.15) is 5.60 Å². The van der Waals surface area contributed by atoms with Crippen LogP contribution in [0.1, 0.15) is 40.0 Å². The predicted molar refractivity (Wildman–Crippen MR) is 66.4 cm³/mol. The molecule has 6 heteroatoms. The summed E-state index contributed by atoms with van der Waals surface area (Å²) in [6.07, 6.45) is 1.21. The van der Waals surface area contributed by atoms with Crippen molar-refractivity contribution in [1.82, 2.24) is 10.6 Å². The second-order valence-corrected chi connectivity index (χ2v) is 5.62. The number of alkyl carbamates (subject to hydrolysis) is 1. The monoisotopic (exact) mass is 258 g/mol. The van der Waals surface area contributed by atoms with Crippen molar-refractivity contribution in [1.29, 1.82) is 0 Å². The highest BCUT2D eigenvalue weighted by Gasteiger charge is 2.25. The maximum atomic E-state index is 11.5. The minimum absolute atomic E-state index is 0.000753. The summed E-state index contributed by atoms with van der Waals surface area (Å²) in [5.41, 5.74) is -0.502. The molecule has 1 aliphatic heterocycles. The van der Waals surface area contributed by atoms with Crippen LogP contribution in [0.3, 0.4) is 0 Å². The zero-order valence-electron chi connectivity index (χ0n) is 11.2. The average molecular weight is 258 g/mol. The molecule has 0 aliphatic carbocycles. The fraction of sp³-hybridized carbons (Fsp3) is 0.833. The molecule has 104 valence electrons. The predicted octanol–water partition coefficient (Wildman–Crippen LogP) is 1.11. The Balaban J connectivity index is 2.27. The molecular formula is C12H22N2O4. The fourth-order valence-corrected chi connectivity index (χ4v) is 1.90. The van der Waals surface area contributed by atoms with Crippen LogP contribution in [0.5, 0.6) is 0 Å². The molecule has 0 aromatic heterocycles. The molecule has 2 atom stereocenters. The van der Waals surface area contributed by atoms with Gasteiger partial charge in [-0.05, 0) is 33.6 Å². The van der Waals surface area contributed by atoms with Crippen molar-refractivity contribution < 1.29 is 19.4 Å². The van der Waals surface area contributed by atoms with Crippen LogP contribution in [-0.4, -0.2) is 41.4 Å². The molecule has 1 amide bonds. The molecule has 1 heterocycles. The molecule has 1 saturated heterocycles. The SMILES string of the molecule is CC(C)(C)OC(=O)NC1CCC(CC(=O)O)NC1. The van der Waals surface area contributed by atoms with Gasteiger partial charge in [0.15, 0.2) is 0 Å². The highest BCUT2D eigenvalue weighted by atomic mass is 16.6. The molecule has 2 unspecified atom stereocenters. The third kappa shape index (κ3) is 5.86. The standard InChI is InChI=1S/C12H22N2O4/c1-12(2,3)18-11(17)14-9-5-4-8(13-7-9)6-10(15)16/h8-9,13H,4-7H2,1-3H3,(H,14,17)(H,15,16). The number of rotatable bonds is 3. The van der Waals surface area contributed by atoms with Crippen molar-refractivity contribution in [3.8, 4) is 0 Å². The van der Waals surface area contributed by atoms with Crippen molar-refractivity contribution in [3.63, 3.8) is 0 Å². The van der Waals surface area contributed by atoms with E-state index in [4.69, 9.17) is 9.84 Å². The van der Waals surface area contributed by atoms with Crippen molar-refractivity contribution in [2.75, 3.05) is 6.54 Å². The Kier molecular flexibility index (Phi) is 4.95. The van der Waals surface area contributed by atoms with Crippen LogP contribution >= 0.6 is 0 Å². The maximum Gasteiger partial charge on any atom is 0.407 e. The van der Waals surface area contributed by atoms with E-state index in [0.29, 0.717) is 6.54 Å². The van der Waals surface area contributed by atoms with Crippen LogP contribution in [0, 0.1) is 0 Å². The molecule has 0 bridgehead atoms. The van der Waals surface area contributed by atoms with Crippen LogP contribution in [-0.2, 0) is 9.53 Å². The topological polar surface area (TPSA) is 87.7 Å². The Morgan fingerprint density at radius 2 is 2.06 bits per heavy atom. The Hall–Kier alpha value is -1.30. The van der Waals surface area contributed by atoms with Gasteiger partial charge >= 0.3 is 12.1 Å². The highest BCUT2D eigenvalue weighted by Crippen LogP contribution is 2.12. The number of ether oxygens (including phenoxy) is 1. The van der Waals surface area contributed by atoms with E-state index in [2.05, 4.69) is 10.6 Å². The second-order valence-electron chi connectivity index (χ2n) is 5.62. The van der Waals surface area contributed by atoms with Crippen LogP contribution < -0.4 is 10.6 Å². The minimum Gasteiger partial charge on any atom is -0.481 e. The number of piperidine rings is 1. The highest BCUT2D eigenvalue weighted by molar-refractivity contribution is 5.68. The number of carboxylic acid groups (broad SMARTS) is 1. The Morgan fingerprint density at radius 3 is 2.50 bits per heavy atom. The molecule has 0 spiro atoms. The number of hydrogen-bond acceptors (Lipinski definition) is 4. The number of hydrogen-bond donors (Lipinski definition) is 3. The number of carbonyl (C=O) groups excluding carboxylic acids is 1. The van der Waals surface area contributed by atoms with Crippen molar-refractivity contribution in [2.24, 2.45) is 0 Å². The largest absolute Gasteiger partial charge is 0.481 e. The lowest BCUT2D eigenvalue weighted by Gasteiger charge is -2.30. The third-order valence-electron chi connectivity index (χ3n) is 2.66.